The lowest BCUT2D eigenvalue weighted by atomic mass is 9.99. The molecule has 1 rings (SSSR count). The molecule has 0 N–H and O–H groups in total. The first-order valence-corrected chi connectivity index (χ1v) is 16.8. The van der Waals surface area contributed by atoms with Gasteiger partial charge in [0.2, 0.25) is 0 Å². The number of ether oxygens (including phenoxy) is 1. The molecule has 0 saturated heterocycles. The molecule has 0 amide bonds. The first kappa shape index (κ1) is 35.4. The molecule has 1 heterocycles. The lowest BCUT2D eigenvalue weighted by molar-refractivity contribution is -0.142. The van der Waals surface area contributed by atoms with Crippen molar-refractivity contribution >= 4 is 11.8 Å². The fraction of sp³-hybridized carbons (Fsp3) is 0.829. The minimum absolute atomic E-state index is 0.202. The lowest BCUT2D eigenvalue weighted by Crippen LogP contribution is -2.13. The van der Waals surface area contributed by atoms with Crippen molar-refractivity contribution in [2.75, 3.05) is 6.61 Å². The number of hydrogen-bond acceptors (Lipinski definition) is 3. The second-order valence-corrected chi connectivity index (χ2v) is 11.7. The van der Waals surface area contributed by atoms with Crippen molar-refractivity contribution in [2.24, 2.45) is 0 Å². The normalized spacial score (nSPS) is 11.3. The van der Waals surface area contributed by atoms with Gasteiger partial charge in [0.25, 0.3) is 0 Å². The molecule has 0 atom stereocenters. The van der Waals surface area contributed by atoms with Crippen LogP contribution in [0.4, 0.5) is 0 Å². The summed E-state index contributed by atoms with van der Waals surface area (Å²) in [5, 5.41) is 0. The molecule has 0 bridgehead atoms. The predicted molar refractivity (Wildman–Crippen MR) is 167 cm³/mol. The summed E-state index contributed by atoms with van der Waals surface area (Å²) < 4.78 is 7.48. The Morgan fingerprint density at radius 1 is 0.615 bits per heavy atom. The van der Waals surface area contributed by atoms with Gasteiger partial charge in [0.15, 0.2) is 5.78 Å². The Bertz CT molecular complexity index is 779. The highest BCUT2D eigenvalue weighted by molar-refractivity contribution is 5.99. The minimum atomic E-state index is -0.202. The molecule has 0 aliphatic heterocycles. The van der Waals surface area contributed by atoms with Gasteiger partial charge in [-0.15, -0.1) is 0 Å². The largest absolute Gasteiger partial charge is 0.466 e. The second kappa shape index (κ2) is 23.2. The molecule has 0 saturated carbocycles. The first-order chi connectivity index (χ1) is 19.0. The van der Waals surface area contributed by atoms with E-state index in [1.54, 1.807) is 0 Å². The van der Waals surface area contributed by atoms with Crippen LogP contribution in [0, 0.1) is 13.8 Å². The molecular weight excluding hydrogens is 482 g/mol. The molecule has 0 fully saturated rings. The van der Waals surface area contributed by atoms with Crippen molar-refractivity contribution in [3.05, 3.63) is 22.5 Å². The minimum Gasteiger partial charge on any atom is -0.466 e. The van der Waals surface area contributed by atoms with Crippen LogP contribution in [-0.2, 0) is 22.5 Å². The van der Waals surface area contributed by atoms with E-state index in [4.69, 9.17) is 4.74 Å². The summed E-state index contributed by atoms with van der Waals surface area (Å²) in [6.45, 7) is 11.7. The Hall–Kier alpha value is -1.58. The number of nitrogens with zero attached hydrogens (tertiary/aromatic N) is 1. The maximum atomic E-state index is 13.3. The number of hydrogen-bond donors (Lipinski definition) is 0. The van der Waals surface area contributed by atoms with E-state index in [1.807, 2.05) is 13.8 Å². The van der Waals surface area contributed by atoms with Gasteiger partial charge in [-0.1, -0.05) is 129 Å². The SMILES string of the molecule is CCCCCCCCCCCCCCCCCC(=O)c1c(C)c(CC(=O)OCC)n(CCCCCCC)c1C. The molecule has 0 aliphatic carbocycles. The maximum absolute atomic E-state index is 13.3. The Morgan fingerprint density at radius 2 is 1.05 bits per heavy atom. The van der Waals surface area contributed by atoms with E-state index in [9.17, 15) is 9.59 Å². The smallest absolute Gasteiger partial charge is 0.311 e. The maximum Gasteiger partial charge on any atom is 0.311 e. The summed E-state index contributed by atoms with van der Waals surface area (Å²) in [5.41, 5.74) is 3.85. The molecule has 0 spiro atoms. The second-order valence-electron chi connectivity index (χ2n) is 11.7. The van der Waals surface area contributed by atoms with Crippen LogP contribution in [0.5, 0.6) is 0 Å². The molecule has 0 radical (unpaired) electrons. The zero-order chi connectivity index (χ0) is 28.7. The summed E-state index contributed by atoms with van der Waals surface area (Å²) in [5.74, 6) is 0.0428. The van der Waals surface area contributed by atoms with Gasteiger partial charge in [-0.3, -0.25) is 9.59 Å². The summed E-state index contributed by atoms with van der Waals surface area (Å²) in [4.78, 5) is 25.6. The van der Waals surface area contributed by atoms with Gasteiger partial charge >= 0.3 is 5.97 Å². The van der Waals surface area contributed by atoms with Gasteiger partial charge in [-0.25, -0.2) is 0 Å². The molecule has 0 aromatic carbocycles. The number of carbonyl (C=O) groups is 2. The number of Topliss-reactive ketones (excluding diaryl/α,β-unsaturated/α-hetero) is 1. The van der Waals surface area contributed by atoms with Gasteiger partial charge in [-0.2, -0.15) is 0 Å². The van der Waals surface area contributed by atoms with Crippen LogP contribution in [0.3, 0.4) is 0 Å². The summed E-state index contributed by atoms with van der Waals surface area (Å²) in [7, 11) is 0. The first-order valence-electron chi connectivity index (χ1n) is 16.8. The molecule has 0 unspecified atom stereocenters. The van der Waals surface area contributed by atoms with Crippen LogP contribution in [0.1, 0.15) is 183 Å². The van der Waals surface area contributed by atoms with Crippen LogP contribution in [0.2, 0.25) is 0 Å². The number of aromatic nitrogens is 1. The van der Waals surface area contributed by atoms with Crippen molar-refractivity contribution in [3.63, 3.8) is 0 Å². The fourth-order valence-corrected chi connectivity index (χ4v) is 5.90. The van der Waals surface area contributed by atoms with E-state index in [1.165, 1.54) is 109 Å². The van der Waals surface area contributed by atoms with Crippen molar-refractivity contribution in [1.82, 2.24) is 4.57 Å². The Balaban J connectivity index is 2.40. The molecular formula is C35H63NO3. The van der Waals surface area contributed by atoms with E-state index < -0.39 is 0 Å². The van der Waals surface area contributed by atoms with Crippen LogP contribution in [0.15, 0.2) is 0 Å². The van der Waals surface area contributed by atoms with Gasteiger partial charge in [0.1, 0.15) is 0 Å². The highest BCUT2D eigenvalue weighted by atomic mass is 16.5. The van der Waals surface area contributed by atoms with E-state index in [2.05, 4.69) is 25.3 Å². The Kier molecular flexibility index (Phi) is 21.0. The van der Waals surface area contributed by atoms with Crippen LogP contribution in [-0.4, -0.2) is 22.9 Å². The summed E-state index contributed by atoms with van der Waals surface area (Å²) in [6.07, 6.45) is 26.8. The molecule has 1 aromatic heterocycles. The van der Waals surface area contributed by atoms with Crippen molar-refractivity contribution in [3.8, 4) is 0 Å². The molecule has 0 aliphatic rings. The third kappa shape index (κ3) is 15.1. The quantitative estimate of drug-likeness (QED) is 0.0660. The van der Waals surface area contributed by atoms with Crippen LogP contribution < -0.4 is 0 Å². The van der Waals surface area contributed by atoms with E-state index in [-0.39, 0.29) is 18.2 Å². The number of unbranched alkanes of at least 4 members (excludes halogenated alkanes) is 18. The molecule has 4 heteroatoms. The van der Waals surface area contributed by atoms with E-state index in [0.29, 0.717) is 13.0 Å². The Morgan fingerprint density at radius 3 is 1.51 bits per heavy atom. The van der Waals surface area contributed by atoms with Gasteiger partial charge in [0, 0.05) is 29.9 Å². The van der Waals surface area contributed by atoms with Crippen molar-refractivity contribution in [1.29, 1.82) is 0 Å². The van der Waals surface area contributed by atoms with Crippen LogP contribution in [0.25, 0.3) is 0 Å². The lowest BCUT2D eigenvalue weighted by Gasteiger charge is -2.12. The highest BCUT2D eigenvalue weighted by Gasteiger charge is 2.23. The molecule has 4 nitrogen and oxygen atoms in total. The summed E-state index contributed by atoms with van der Waals surface area (Å²) >= 11 is 0. The van der Waals surface area contributed by atoms with Crippen molar-refractivity contribution < 1.29 is 14.3 Å². The third-order valence-corrected chi connectivity index (χ3v) is 8.29. The zero-order valence-corrected chi connectivity index (χ0v) is 26.6. The highest BCUT2D eigenvalue weighted by Crippen LogP contribution is 2.26. The summed E-state index contributed by atoms with van der Waals surface area (Å²) in [6, 6.07) is 0. The average molecular weight is 546 g/mol. The number of carbonyl (C=O) groups excluding carboxylic acids is 2. The monoisotopic (exact) mass is 545 g/mol. The third-order valence-electron chi connectivity index (χ3n) is 8.29. The zero-order valence-electron chi connectivity index (χ0n) is 26.6. The fourth-order valence-electron chi connectivity index (χ4n) is 5.90. The van der Waals surface area contributed by atoms with Gasteiger partial charge in [0.05, 0.1) is 13.0 Å². The van der Waals surface area contributed by atoms with E-state index in [0.717, 1.165) is 48.3 Å². The number of ketones is 1. The van der Waals surface area contributed by atoms with Crippen LogP contribution >= 0.6 is 0 Å². The Labute approximate surface area is 242 Å². The molecule has 39 heavy (non-hydrogen) atoms. The number of esters is 1. The number of rotatable bonds is 26. The molecule has 1 aromatic rings. The van der Waals surface area contributed by atoms with Gasteiger partial charge < -0.3 is 9.30 Å². The van der Waals surface area contributed by atoms with E-state index >= 15 is 0 Å². The molecule has 226 valence electrons. The van der Waals surface area contributed by atoms with Crippen molar-refractivity contribution in [2.45, 2.75) is 182 Å². The predicted octanol–water partition coefficient (Wildman–Crippen LogP) is 10.6. The topological polar surface area (TPSA) is 48.3 Å². The standard InChI is InChI=1S/C35H63NO3/c1-6-9-11-13-14-15-16-17-18-19-20-21-22-23-25-27-33(37)35-30(4)32(29-34(38)39-8-3)36(31(35)5)28-26-24-12-10-7-2/h6-29H2,1-5H3. The van der Waals surface area contributed by atoms with Gasteiger partial charge in [-0.05, 0) is 39.2 Å². The average Bonchev–Trinajstić information content (AvgIpc) is 3.14.